The van der Waals surface area contributed by atoms with E-state index in [1.807, 2.05) is 6.92 Å². The van der Waals surface area contributed by atoms with E-state index in [-0.39, 0.29) is 5.92 Å². The molecule has 0 saturated heterocycles. The second kappa shape index (κ2) is 6.72. The van der Waals surface area contributed by atoms with Gasteiger partial charge in [-0.2, -0.15) is 5.10 Å². The van der Waals surface area contributed by atoms with Crippen LogP contribution < -0.4 is 5.32 Å². The lowest BCUT2D eigenvalue weighted by Crippen LogP contribution is -2.44. The molecule has 0 aromatic carbocycles. The minimum Gasteiger partial charge on any atom is -0.480 e. The number of aryl methyl sites for hydroxylation is 1. The number of carboxylic acid groups (broad SMARTS) is 1. The Morgan fingerprint density at radius 3 is 2.74 bits per heavy atom. The van der Waals surface area contributed by atoms with Gasteiger partial charge in [0.2, 0.25) is 5.91 Å². The quantitative estimate of drug-likeness (QED) is 0.753. The molecule has 0 saturated carbocycles. The summed E-state index contributed by atoms with van der Waals surface area (Å²) in [6, 6.07) is -0.865. The first-order chi connectivity index (χ1) is 8.93. The number of carbonyl (C=O) groups is 2. The fourth-order valence-electron chi connectivity index (χ4n) is 1.58. The zero-order valence-corrected chi connectivity index (χ0v) is 11.3. The summed E-state index contributed by atoms with van der Waals surface area (Å²) in [5.41, 5.74) is 0.785. The molecule has 0 aliphatic carbocycles. The molecule has 6 heteroatoms. The van der Waals surface area contributed by atoms with Crippen LogP contribution in [-0.4, -0.2) is 32.8 Å². The monoisotopic (exact) mass is 265 g/mol. The van der Waals surface area contributed by atoms with E-state index in [4.69, 9.17) is 5.11 Å². The van der Waals surface area contributed by atoms with Crippen molar-refractivity contribution in [2.45, 2.75) is 26.3 Å². The van der Waals surface area contributed by atoms with Crippen molar-refractivity contribution >= 4 is 18.0 Å². The Labute approximate surface area is 112 Å². The third-order valence-electron chi connectivity index (χ3n) is 2.93. The normalized spacial score (nSPS) is 14.3. The largest absolute Gasteiger partial charge is 0.480 e. The number of amides is 1. The molecule has 2 N–H and O–H groups in total. The van der Waals surface area contributed by atoms with Gasteiger partial charge in [0.05, 0.1) is 6.20 Å². The van der Waals surface area contributed by atoms with Crippen LogP contribution in [0.4, 0.5) is 0 Å². The van der Waals surface area contributed by atoms with Crippen molar-refractivity contribution in [2.24, 2.45) is 13.0 Å². The molecule has 104 valence electrons. The van der Waals surface area contributed by atoms with Crippen molar-refractivity contribution in [3.8, 4) is 0 Å². The molecule has 1 aromatic heterocycles. The van der Waals surface area contributed by atoms with Crippen LogP contribution in [0.5, 0.6) is 0 Å². The van der Waals surface area contributed by atoms with Crippen LogP contribution in [-0.2, 0) is 16.6 Å². The third-order valence-corrected chi connectivity index (χ3v) is 2.93. The summed E-state index contributed by atoms with van der Waals surface area (Å²) < 4.78 is 1.62. The Hall–Kier alpha value is -2.11. The maximum Gasteiger partial charge on any atom is 0.326 e. The van der Waals surface area contributed by atoms with Gasteiger partial charge >= 0.3 is 5.97 Å². The van der Waals surface area contributed by atoms with Crippen molar-refractivity contribution in [3.63, 3.8) is 0 Å². The van der Waals surface area contributed by atoms with Crippen LogP contribution in [0.1, 0.15) is 25.8 Å². The highest BCUT2D eigenvalue weighted by molar-refractivity contribution is 5.94. The van der Waals surface area contributed by atoms with Crippen molar-refractivity contribution in [2.75, 3.05) is 0 Å². The summed E-state index contributed by atoms with van der Waals surface area (Å²) in [5, 5.41) is 15.5. The summed E-state index contributed by atoms with van der Waals surface area (Å²) in [6.45, 7) is 3.68. The Bertz CT molecular complexity index is 479. The van der Waals surface area contributed by atoms with Crippen LogP contribution in [0.3, 0.4) is 0 Å². The van der Waals surface area contributed by atoms with Gasteiger partial charge < -0.3 is 10.4 Å². The Morgan fingerprint density at radius 1 is 1.58 bits per heavy atom. The van der Waals surface area contributed by atoms with E-state index < -0.39 is 17.9 Å². The highest BCUT2D eigenvalue weighted by Gasteiger charge is 2.24. The summed E-state index contributed by atoms with van der Waals surface area (Å²) in [6.07, 6.45) is 6.97. The highest BCUT2D eigenvalue weighted by atomic mass is 16.4. The van der Waals surface area contributed by atoms with Gasteiger partial charge in [0, 0.05) is 24.9 Å². The summed E-state index contributed by atoms with van der Waals surface area (Å²) in [7, 11) is 1.78. The predicted molar refractivity (Wildman–Crippen MR) is 71.3 cm³/mol. The number of aliphatic carboxylic acids is 1. The lowest BCUT2D eigenvalue weighted by Gasteiger charge is -2.19. The standard InChI is InChI=1S/C13H19N3O3/c1-4-9(2)12(13(18)19)15-11(17)6-5-10-7-14-16(3)8-10/h5-9,12H,4H2,1-3H3,(H,15,17)(H,18,19)/t9?,12-/m0/s1. The van der Waals surface area contributed by atoms with E-state index in [1.165, 1.54) is 6.08 Å². The van der Waals surface area contributed by atoms with Gasteiger partial charge in [0.15, 0.2) is 0 Å². The molecular formula is C13H19N3O3. The summed E-state index contributed by atoms with van der Waals surface area (Å²) in [5.74, 6) is -1.55. The molecule has 1 heterocycles. The molecule has 0 fully saturated rings. The average Bonchev–Trinajstić information content (AvgIpc) is 2.78. The number of nitrogens with zero attached hydrogens (tertiary/aromatic N) is 2. The van der Waals surface area contributed by atoms with E-state index in [1.54, 1.807) is 37.1 Å². The number of rotatable bonds is 6. The number of nitrogens with one attached hydrogen (secondary N) is 1. The summed E-state index contributed by atoms with van der Waals surface area (Å²) in [4.78, 5) is 22.7. The smallest absolute Gasteiger partial charge is 0.326 e. The van der Waals surface area contributed by atoms with Gasteiger partial charge in [-0.1, -0.05) is 20.3 Å². The Morgan fingerprint density at radius 2 is 2.26 bits per heavy atom. The molecule has 2 atom stereocenters. The van der Waals surface area contributed by atoms with Gasteiger partial charge in [-0.05, 0) is 12.0 Å². The number of hydrogen-bond donors (Lipinski definition) is 2. The van der Waals surface area contributed by atoms with Crippen molar-refractivity contribution in [1.29, 1.82) is 0 Å². The Balaban J connectivity index is 2.62. The number of aromatic nitrogens is 2. The SMILES string of the molecule is CCC(C)[C@H](NC(=O)C=Cc1cnn(C)c1)C(=O)O. The second-order valence-corrected chi connectivity index (χ2v) is 4.49. The second-order valence-electron chi connectivity index (χ2n) is 4.49. The third kappa shape index (κ3) is 4.57. The van der Waals surface area contributed by atoms with Crippen molar-refractivity contribution in [1.82, 2.24) is 15.1 Å². The maximum absolute atomic E-state index is 11.7. The first kappa shape index (κ1) is 14.9. The van der Waals surface area contributed by atoms with Crippen LogP contribution in [0.25, 0.3) is 6.08 Å². The minimum absolute atomic E-state index is 0.117. The van der Waals surface area contributed by atoms with Gasteiger partial charge in [-0.25, -0.2) is 4.79 Å². The summed E-state index contributed by atoms with van der Waals surface area (Å²) >= 11 is 0. The van der Waals surface area contributed by atoms with Crippen molar-refractivity contribution < 1.29 is 14.7 Å². The van der Waals surface area contributed by atoms with E-state index in [0.29, 0.717) is 6.42 Å². The Kier molecular flexibility index (Phi) is 5.29. The van der Waals surface area contributed by atoms with Crippen LogP contribution >= 0.6 is 0 Å². The minimum atomic E-state index is -1.02. The molecule has 1 aromatic rings. The zero-order valence-electron chi connectivity index (χ0n) is 11.3. The van der Waals surface area contributed by atoms with Crippen LogP contribution in [0, 0.1) is 5.92 Å². The molecule has 0 radical (unpaired) electrons. The predicted octanol–water partition coefficient (Wildman–Crippen LogP) is 1.05. The molecule has 1 amide bonds. The molecule has 6 nitrogen and oxygen atoms in total. The average molecular weight is 265 g/mol. The number of hydrogen-bond acceptors (Lipinski definition) is 3. The molecule has 0 aliphatic heterocycles. The van der Waals surface area contributed by atoms with Crippen molar-refractivity contribution in [3.05, 3.63) is 24.0 Å². The lowest BCUT2D eigenvalue weighted by atomic mass is 9.99. The molecule has 1 rings (SSSR count). The van der Waals surface area contributed by atoms with Gasteiger partial charge in [0.25, 0.3) is 0 Å². The first-order valence-corrected chi connectivity index (χ1v) is 6.14. The van der Waals surface area contributed by atoms with Crippen LogP contribution in [0.15, 0.2) is 18.5 Å². The lowest BCUT2D eigenvalue weighted by molar-refractivity contribution is -0.142. The fourth-order valence-corrected chi connectivity index (χ4v) is 1.58. The molecule has 1 unspecified atom stereocenters. The molecule has 0 bridgehead atoms. The molecule has 0 aliphatic rings. The van der Waals surface area contributed by atoms with E-state index in [9.17, 15) is 9.59 Å². The fraction of sp³-hybridized carbons (Fsp3) is 0.462. The van der Waals surface area contributed by atoms with E-state index in [2.05, 4.69) is 10.4 Å². The number of carbonyl (C=O) groups excluding carboxylic acids is 1. The molecule has 0 spiro atoms. The van der Waals surface area contributed by atoms with Crippen LogP contribution in [0.2, 0.25) is 0 Å². The first-order valence-electron chi connectivity index (χ1n) is 6.14. The molecular weight excluding hydrogens is 246 g/mol. The van der Waals surface area contributed by atoms with Gasteiger partial charge in [0.1, 0.15) is 6.04 Å². The highest BCUT2D eigenvalue weighted by Crippen LogP contribution is 2.08. The number of carboxylic acids is 1. The zero-order chi connectivity index (χ0) is 14.4. The van der Waals surface area contributed by atoms with Gasteiger partial charge in [-0.15, -0.1) is 0 Å². The van der Waals surface area contributed by atoms with Gasteiger partial charge in [-0.3, -0.25) is 9.48 Å². The molecule has 19 heavy (non-hydrogen) atoms. The topological polar surface area (TPSA) is 84.2 Å². The van der Waals surface area contributed by atoms with E-state index >= 15 is 0 Å². The maximum atomic E-state index is 11.7. The van der Waals surface area contributed by atoms with E-state index in [0.717, 1.165) is 5.56 Å².